The Morgan fingerprint density at radius 3 is 2.76 bits per heavy atom. The molecule has 1 atom stereocenters. The van der Waals surface area contributed by atoms with Crippen molar-refractivity contribution in [3.63, 3.8) is 0 Å². The Bertz CT molecular complexity index is 511. The third-order valence-electron chi connectivity index (χ3n) is 3.40. The van der Waals surface area contributed by atoms with Crippen LogP contribution in [-0.4, -0.2) is 30.8 Å². The number of ether oxygens (including phenoxy) is 1. The third kappa shape index (κ3) is 4.10. The van der Waals surface area contributed by atoms with Crippen LogP contribution in [0.15, 0.2) is 18.2 Å². The lowest BCUT2D eigenvalue weighted by Crippen LogP contribution is -2.24. The lowest BCUT2D eigenvalue weighted by Gasteiger charge is -2.23. The lowest BCUT2D eigenvalue weighted by atomic mass is 10.0. The van der Waals surface area contributed by atoms with Crippen LogP contribution in [0.25, 0.3) is 0 Å². The van der Waals surface area contributed by atoms with Crippen molar-refractivity contribution in [3.05, 3.63) is 29.3 Å². The van der Waals surface area contributed by atoms with Gasteiger partial charge in [-0.05, 0) is 37.0 Å². The quantitative estimate of drug-likeness (QED) is 0.896. The Morgan fingerprint density at radius 2 is 2.19 bits per heavy atom. The van der Waals surface area contributed by atoms with Crippen LogP contribution >= 0.6 is 0 Å². The number of halogens is 3. The zero-order chi connectivity index (χ0) is 15.5. The maximum absolute atomic E-state index is 12.7. The zero-order valence-corrected chi connectivity index (χ0v) is 11.2. The number of carboxylic acids is 1. The van der Waals surface area contributed by atoms with E-state index in [0.29, 0.717) is 18.8 Å². The molecule has 1 heterocycles. The second-order valence-corrected chi connectivity index (χ2v) is 5.03. The molecule has 2 N–H and O–H groups in total. The summed E-state index contributed by atoms with van der Waals surface area (Å²) in [5.41, 5.74) is -1.51. The molecular weight excluding hydrogens is 287 g/mol. The van der Waals surface area contributed by atoms with E-state index in [2.05, 4.69) is 5.32 Å². The predicted molar refractivity (Wildman–Crippen MR) is 70.4 cm³/mol. The van der Waals surface area contributed by atoms with E-state index in [1.54, 1.807) is 0 Å². The molecule has 4 nitrogen and oxygen atoms in total. The van der Waals surface area contributed by atoms with E-state index in [4.69, 9.17) is 9.84 Å². The summed E-state index contributed by atoms with van der Waals surface area (Å²) in [6, 6.07) is 3.07. The first-order valence-corrected chi connectivity index (χ1v) is 6.64. The zero-order valence-electron chi connectivity index (χ0n) is 11.2. The molecule has 0 bridgehead atoms. The average molecular weight is 303 g/mol. The van der Waals surface area contributed by atoms with Crippen LogP contribution in [0.1, 0.15) is 28.8 Å². The molecule has 21 heavy (non-hydrogen) atoms. The minimum Gasteiger partial charge on any atom is -0.478 e. The van der Waals surface area contributed by atoms with Crippen molar-refractivity contribution in [1.82, 2.24) is 0 Å². The fraction of sp³-hybridized carbons (Fsp3) is 0.500. The number of aromatic carboxylic acids is 1. The highest BCUT2D eigenvalue weighted by atomic mass is 19.4. The molecule has 0 amide bonds. The van der Waals surface area contributed by atoms with Crippen LogP contribution in [0, 0.1) is 5.92 Å². The number of carboxylic acid groups (broad SMARTS) is 1. The highest BCUT2D eigenvalue weighted by Crippen LogP contribution is 2.33. The summed E-state index contributed by atoms with van der Waals surface area (Å²) in [6.45, 7) is 1.89. The molecule has 0 aromatic heterocycles. The topological polar surface area (TPSA) is 58.6 Å². The molecular formula is C14H16F3NO3. The van der Waals surface area contributed by atoms with Crippen molar-refractivity contribution in [1.29, 1.82) is 0 Å². The van der Waals surface area contributed by atoms with Crippen molar-refractivity contribution in [2.45, 2.75) is 19.0 Å². The van der Waals surface area contributed by atoms with Gasteiger partial charge in [-0.25, -0.2) is 4.79 Å². The molecule has 0 aliphatic carbocycles. The summed E-state index contributed by atoms with van der Waals surface area (Å²) < 4.78 is 43.5. The van der Waals surface area contributed by atoms with Gasteiger partial charge in [0.25, 0.3) is 0 Å². The van der Waals surface area contributed by atoms with Gasteiger partial charge in [0.15, 0.2) is 0 Å². The normalized spacial score (nSPS) is 19.3. The van der Waals surface area contributed by atoms with E-state index in [-0.39, 0.29) is 5.92 Å². The van der Waals surface area contributed by atoms with Crippen molar-refractivity contribution in [2.75, 3.05) is 25.1 Å². The summed E-state index contributed by atoms with van der Waals surface area (Å²) in [5, 5.41) is 11.9. The van der Waals surface area contributed by atoms with Crippen LogP contribution in [0.5, 0.6) is 0 Å². The van der Waals surface area contributed by atoms with Gasteiger partial charge in [0.2, 0.25) is 0 Å². The van der Waals surface area contributed by atoms with Crippen molar-refractivity contribution in [3.8, 4) is 0 Å². The Kier molecular flexibility index (Phi) is 4.72. The first kappa shape index (κ1) is 15.6. The molecule has 1 aromatic carbocycles. The van der Waals surface area contributed by atoms with Crippen LogP contribution in [-0.2, 0) is 10.9 Å². The Hall–Kier alpha value is -1.76. The molecule has 1 saturated heterocycles. The maximum atomic E-state index is 12.7. The van der Waals surface area contributed by atoms with Crippen molar-refractivity contribution in [2.24, 2.45) is 5.92 Å². The smallest absolute Gasteiger partial charge is 0.417 e. The second kappa shape index (κ2) is 6.34. The van der Waals surface area contributed by atoms with Gasteiger partial charge in [0.05, 0.1) is 17.7 Å². The highest BCUT2D eigenvalue weighted by Gasteiger charge is 2.35. The number of hydrogen-bond acceptors (Lipinski definition) is 3. The minimum atomic E-state index is -4.68. The maximum Gasteiger partial charge on any atom is 0.417 e. The second-order valence-electron chi connectivity index (χ2n) is 5.03. The standard InChI is InChI=1S/C14H16F3NO3/c15-14(16,17)12-4-3-10(6-11(12)13(19)20)18-7-9-2-1-5-21-8-9/h3-4,6,9,18H,1-2,5,7-8H2,(H,19,20). The molecule has 1 aromatic rings. The molecule has 0 spiro atoms. The molecule has 0 radical (unpaired) electrons. The van der Waals surface area contributed by atoms with Crippen LogP contribution < -0.4 is 5.32 Å². The van der Waals surface area contributed by atoms with Gasteiger partial charge in [-0.2, -0.15) is 13.2 Å². The fourth-order valence-corrected chi connectivity index (χ4v) is 2.31. The summed E-state index contributed by atoms with van der Waals surface area (Å²) in [6.07, 6.45) is -2.73. The number of anilines is 1. The fourth-order valence-electron chi connectivity index (χ4n) is 2.31. The molecule has 1 fully saturated rings. The molecule has 2 rings (SSSR count). The number of nitrogens with one attached hydrogen (secondary N) is 1. The van der Waals surface area contributed by atoms with Gasteiger partial charge in [-0.1, -0.05) is 0 Å². The lowest BCUT2D eigenvalue weighted by molar-refractivity contribution is -0.138. The first-order chi connectivity index (χ1) is 9.88. The van der Waals surface area contributed by atoms with Crippen LogP contribution in [0.2, 0.25) is 0 Å². The number of alkyl halides is 3. The highest BCUT2D eigenvalue weighted by molar-refractivity contribution is 5.91. The predicted octanol–water partition coefficient (Wildman–Crippen LogP) is 3.24. The van der Waals surface area contributed by atoms with Gasteiger partial charge in [-0.3, -0.25) is 0 Å². The van der Waals surface area contributed by atoms with E-state index >= 15 is 0 Å². The van der Waals surface area contributed by atoms with E-state index in [1.807, 2.05) is 0 Å². The Balaban J connectivity index is 2.10. The van der Waals surface area contributed by atoms with E-state index in [1.165, 1.54) is 6.07 Å². The van der Waals surface area contributed by atoms with Gasteiger partial charge in [0.1, 0.15) is 0 Å². The average Bonchev–Trinajstić information content (AvgIpc) is 2.45. The van der Waals surface area contributed by atoms with Gasteiger partial charge < -0.3 is 15.2 Å². The number of carbonyl (C=O) groups is 1. The van der Waals surface area contributed by atoms with Crippen molar-refractivity contribution < 1.29 is 27.8 Å². The summed E-state index contributed by atoms with van der Waals surface area (Å²) in [4.78, 5) is 11.0. The van der Waals surface area contributed by atoms with Crippen LogP contribution in [0.4, 0.5) is 18.9 Å². The van der Waals surface area contributed by atoms with Crippen molar-refractivity contribution >= 4 is 11.7 Å². The SMILES string of the molecule is O=C(O)c1cc(NCC2CCCOC2)ccc1C(F)(F)F. The minimum absolute atomic E-state index is 0.286. The molecule has 116 valence electrons. The third-order valence-corrected chi connectivity index (χ3v) is 3.40. The number of hydrogen-bond donors (Lipinski definition) is 2. The molecule has 7 heteroatoms. The Labute approximate surface area is 119 Å². The number of rotatable bonds is 4. The number of benzene rings is 1. The summed E-state index contributed by atoms with van der Waals surface area (Å²) in [5.74, 6) is -1.30. The molecule has 1 aliphatic rings. The van der Waals surface area contributed by atoms with Gasteiger partial charge in [-0.15, -0.1) is 0 Å². The van der Waals surface area contributed by atoms with Gasteiger partial charge >= 0.3 is 12.1 Å². The van der Waals surface area contributed by atoms with Gasteiger partial charge in [0, 0.05) is 18.8 Å². The molecule has 1 aliphatic heterocycles. The Morgan fingerprint density at radius 1 is 1.43 bits per heavy atom. The monoisotopic (exact) mass is 303 g/mol. The molecule has 0 saturated carbocycles. The summed E-state index contributed by atoms with van der Waals surface area (Å²) >= 11 is 0. The van der Waals surface area contributed by atoms with E-state index in [9.17, 15) is 18.0 Å². The van der Waals surface area contributed by atoms with E-state index in [0.717, 1.165) is 31.6 Å². The largest absolute Gasteiger partial charge is 0.478 e. The van der Waals surface area contributed by atoms with Crippen LogP contribution in [0.3, 0.4) is 0 Å². The molecule has 1 unspecified atom stereocenters. The summed E-state index contributed by atoms with van der Waals surface area (Å²) in [7, 11) is 0. The van der Waals surface area contributed by atoms with E-state index < -0.39 is 23.3 Å². The first-order valence-electron chi connectivity index (χ1n) is 6.64.